The maximum Gasteiger partial charge on any atom is 0.150 e. The fourth-order valence-electron chi connectivity index (χ4n) is 17.4. The summed E-state index contributed by atoms with van der Waals surface area (Å²) < 4.78 is 0. The summed E-state index contributed by atoms with van der Waals surface area (Å²) in [6.07, 6.45) is -10.5. The van der Waals surface area contributed by atoms with E-state index in [1.54, 1.807) is 5.19 Å². The van der Waals surface area contributed by atoms with Crippen LogP contribution in [0.2, 0.25) is 66.5 Å². The lowest BCUT2D eigenvalue weighted by Crippen LogP contribution is -3.18. The molecule has 0 saturated carbocycles. The van der Waals surface area contributed by atoms with Crippen molar-refractivity contribution < 1.29 is 0 Å². The molecule has 1 aromatic rings. The van der Waals surface area contributed by atoms with Crippen LogP contribution in [0.5, 0.6) is 0 Å². The van der Waals surface area contributed by atoms with Crippen molar-refractivity contribution in [3.05, 3.63) is 30.3 Å². The van der Waals surface area contributed by atoms with Crippen LogP contribution in [0.15, 0.2) is 30.3 Å². The first kappa shape index (κ1) is 46.2. The van der Waals surface area contributed by atoms with Gasteiger partial charge in [-0.2, -0.15) is 11.1 Å². The minimum atomic E-state index is -2.47. The highest BCUT2D eigenvalue weighted by Crippen LogP contribution is 3.04. The molecule has 4 aliphatic heterocycles. The smallest absolute Gasteiger partial charge is 0.150 e. The van der Waals surface area contributed by atoms with Crippen LogP contribution in [0.1, 0.15) is 166 Å². The quantitative estimate of drug-likeness (QED) is 0.204. The van der Waals surface area contributed by atoms with E-state index < -0.39 is 61.4 Å². The largest absolute Gasteiger partial charge is 0.170 e. The van der Waals surface area contributed by atoms with Gasteiger partial charge in [0, 0.05) is 54.9 Å². The number of hydrogen-bond acceptors (Lipinski definition) is 0. The normalized spacial score (nSPS) is 32.3. The third kappa shape index (κ3) is 3.94. The SMILES string of the molecule is CC(C)(C)[Si](C)(C(C)(C)C)[Si]12[Si](Cl)(c3ccccc3)[Si]3([Si](C)(C(C)(C)C)C(C)(C)C)[Si]1([Si](C)(C(C)(C)C)C(C)(C)C)[Si]23[Si](C)(C(C)(C)C)C(C)(C)C. The van der Waals surface area contributed by atoms with Crippen LogP contribution in [-0.4, -0.2) is 61.4 Å². The van der Waals surface area contributed by atoms with Crippen molar-refractivity contribution in [1.29, 1.82) is 0 Å². The molecule has 2 bridgehead atoms. The molecule has 10 heteroatoms. The topological polar surface area (TPSA) is 0 Å². The minimum Gasteiger partial charge on any atom is -0.170 e. The second-order valence-corrected chi connectivity index (χ2v) is 150. The fraction of sp³-hybridized carbons (Fsp3) is 0.857. The summed E-state index contributed by atoms with van der Waals surface area (Å²) in [7, 11) is -8.32. The average molecular weight is 882 g/mol. The molecule has 0 spiro atoms. The molecular weight excluding hydrogens is 793 g/mol. The first-order valence-electron chi connectivity index (χ1n) is 21.1. The Kier molecular flexibility index (Phi) is 9.93. The summed E-state index contributed by atoms with van der Waals surface area (Å²) in [4.78, 5) is 0. The van der Waals surface area contributed by atoms with Gasteiger partial charge in [0.05, 0.1) is 0 Å². The van der Waals surface area contributed by atoms with Crippen LogP contribution in [0.3, 0.4) is 0 Å². The van der Waals surface area contributed by atoms with E-state index in [-0.39, 0.29) is 0 Å². The van der Waals surface area contributed by atoms with Gasteiger partial charge in [0.25, 0.3) is 0 Å². The Labute approximate surface area is 338 Å². The van der Waals surface area contributed by atoms with Crippen LogP contribution >= 0.6 is 11.1 Å². The molecule has 0 N–H and O–H groups in total. The monoisotopic (exact) mass is 880 g/mol. The highest BCUT2D eigenvalue weighted by Gasteiger charge is 3.38. The van der Waals surface area contributed by atoms with E-state index >= 15 is 0 Å². The Bertz CT molecular complexity index is 1430. The van der Waals surface area contributed by atoms with Gasteiger partial charge in [-0.1, -0.05) is 223 Å². The van der Waals surface area contributed by atoms with Crippen molar-refractivity contribution in [3.63, 3.8) is 0 Å². The van der Waals surface area contributed by atoms with Gasteiger partial charge in [0.15, 0.2) is 6.42 Å². The second kappa shape index (κ2) is 11.2. The van der Waals surface area contributed by atoms with E-state index in [1.165, 1.54) is 0 Å². The zero-order chi connectivity index (χ0) is 41.6. The molecule has 0 radical (unpaired) electrons. The molecule has 0 nitrogen and oxygen atoms in total. The summed E-state index contributed by atoms with van der Waals surface area (Å²) in [5.74, 6) is 0. The van der Waals surface area contributed by atoms with Gasteiger partial charge in [0.1, 0.15) is 0 Å². The zero-order valence-corrected chi connectivity index (χ0v) is 50.0. The third-order valence-corrected chi connectivity index (χ3v) is 407. The number of rotatable bonds is 5. The van der Waals surface area contributed by atoms with Crippen molar-refractivity contribution in [1.82, 2.24) is 0 Å². The van der Waals surface area contributed by atoms with Crippen LogP contribution in [0, 0.1) is 0 Å². The van der Waals surface area contributed by atoms with Gasteiger partial charge >= 0.3 is 0 Å². The first-order valence-corrected chi connectivity index (χ1v) is 53.1. The van der Waals surface area contributed by atoms with Crippen LogP contribution in [0.25, 0.3) is 0 Å². The molecule has 4 aliphatic rings. The number of hydrogen-bond donors (Lipinski definition) is 0. The lowest BCUT2D eigenvalue weighted by Gasteiger charge is -2.85. The highest BCUT2D eigenvalue weighted by atomic mass is 35.6. The predicted molar refractivity (Wildman–Crippen MR) is 265 cm³/mol. The Morgan fingerprint density at radius 3 is 0.673 bits per heavy atom. The Balaban J connectivity index is 2.68. The molecule has 0 atom stereocenters. The van der Waals surface area contributed by atoms with E-state index in [1.807, 2.05) is 0 Å². The van der Waals surface area contributed by atoms with E-state index in [9.17, 15) is 11.1 Å². The van der Waals surface area contributed by atoms with Gasteiger partial charge in [-0.25, -0.2) is 0 Å². The van der Waals surface area contributed by atoms with Gasteiger partial charge in [-0.15, -0.1) is 0 Å². The van der Waals surface area contributed by atoms with Gasteiger partial charge in [-0.3, -0.25) is 0 Å². The van der Waals surface area contributed by atoms with E-state index in [4.69, 9.17) is 0 Å². The van der Waals surface area contributed by atoms with Crippen LogP contribution < -0.4 is 5.19 Å². The minimum absolute atomic E-state index is 0.324. The van der Waals surface area contributed by atoms with Crippen molar-refractivity contribution in [2.75, 3.05) is 0 Å². The third-order valence-electron chi connectivity index (χ3n) is 19.9. The van der Waals surface area contributed by atoms with Crippen LogP contribution in [-0.2, 0) is 0 Å². The number of benzene rings is 1. The Hall–Kier alpha value is 1.46. The standard InChI is InChI=1S/C42H89ClSi9/c1-35(2,3)44(25,36(4,5)6)49-48(43,34-32-30-29-31-33-34)50(45(26,37(7,8)9)38(10,11)12)51(49,46(27,39(13,14)15)40(16,17)18)52(49,50)47(28,41(19,20)21)42(22,23)24/h29-33H,1-28H3. The molecule has 0 aromatic heterocycles. The summed E-state index contributed by atoms with van der Waals surface area (Å²) in [5.41, 5.74) is 0. The Morgan fingerprint density at radius 1 is 0.327 bits per heavy atom. The van der Waals surface area contributed by atoms with Crippen molar-refractivity contribution in [3.8, 4) is 0 Å². The van der Waals surface area contributed by atoms with Gasteiger partial charge in [-0.05, 0) is 45.5 Å². The lowest BCUT2D eigenvalue weighted by molar-refractivity contribution is 0.631. The first-order chi connectivity index (χ1) is 22.4. The summed E-state index contributed by atoms with van der Waals surface area (Å²) in [5, 5.41) is 4.55. The number of halogens is 1. The molecule has 1 aromatic carbocycles. The molecule has 4 heterocycles. The molecule has 300 valence electrons. The summed E-state index contributed by atoms with van der Waals surface area (Å²) >= 11 is 9.90. The molecule has 0 unspecified atom stereocenters. The molecule has 4 fully saturated rings. The van der Waals surface area contributed by atoms with Crippen molar-refractivity contribution in [2.45, 2.75) is 233 Å². The molecular formula is C42H89ClSi9. The van der Waals surface area contributed by atoms with E-state index in [0.29, 0.717) is 40.3 Å². The Morgan fingerprint density at radius 2 is 0.500 bits per heavy atom. The average Bonchev–Trinajstić information content (AvgIpc) is 3.67. The fourth-order valence-corrected chi connectivity index (χ4v) is 1090. The van der Waals surface area contributed by atoms with Gasteiger partial charge in [0.2, 0.25) is 0 Å². The summed E-state index contributed by atoms with van der Waals surface area (Å²) in [6.45, 7) is 79.9. The van der Waals surface area contributed by atoms with E-state index in [2.05, 4.69) is 223 Å². The molecule has 0 aliphatic carbocycles. The highest BCUT2D eigenvalue weighted by molar-refractivity contribution is 9.00. The van der Waals surface area contributed by atoms with E-state index in [0.717, 1.165) is 0 Å². The zero-order valence-electron chi connectivity index (χ0n) is 40.3. The maximum atomic E-state index is 9.90. The molecule has 52 heavy (non-hydrogen) atoms. The van der Waals surface area contributed by atoms with Gasteiger partial charge < -0.3 is 0 Å². The molecule has 4 saturated heterocycles. The van der Waals surface area contributed by atoms with Crippen molar-refractivity contribution in [2.24, 2.45) is 0 Å². The predicted octanol–water partition coefficient (Wildman–Crippen LogP) is 14.5. The van der Waals surface area contributed by atoms with Crippen molar-refractivity contribution >= 4 is 77.6 Å². The lowest BCUT2D eigenvalue weighted by atomic mass is 10.2. The van der Waals surface area contributed by atoms with Crippen LogP contribution in [0.4, 0.5) is 0 Å². The maximum absolute atomic E-state index is 9.90. The second-order valence-electron chi connectivity index (χ2n) is 27.5. The molecule has 5 rings (SSSR count). The summed E-state index contributed by atoms with van der Waals surface area (Å²) in [6, 6.07) is 12.6. The molecule has 0 amide bonds.